The summed E-state index contributed by atoms with van der Waals surface area (Å²) in [6.45, 7) is 6.17. The maximum Gasteiger partial charge on any atom is 0.255 e. The van der Waals surface area contributed by atoms with Crippen LogP contribution in [-0.2, 0) is 0 Å². The Morgan fingerprint density at radius 1 is 1.15 bits per heavy atom. The van der Waals surface area contributed by atoms with Crippen LogP contribution in [0.2, 0.25) is 0 Å². The molecule has 0 aliphatic rings. The minimum absolute atomic E-state index is 0.0894. The van der Waals surface area contributed by atoms with Crippen molar-refractivity contribution in [1.29, 1.82) is 0 Å². The number of carbonyl (C=O) groups excluding carboxylic acids is 1. The quantitative estimate of drug-likeness (QED) is 0.882. The van der Waals surface area contributed by atoms with Gasteiger partial charge in [0.25, 0.3) is 5.91 Å². The maximum atomic E-state index is 12.3. The van der Waals surface area contributed by atoms with Crippen LogP contribution in [-0.4, -0.2) is 11.0 Å². The first-order valence-electron chi connectivity index (χ1n) is 6.69. The average Bonchev–Trinajstić information content (AvgIpc) is 2.40. The molecule has 0 fully saturated rings. The third kappa shape index (κ3) is 2.99. The molecule has 0 aliphatic heterocycles. The number of aromatic hydroxyl groups is 1. The molecule has 0 atom stereocenters. The highest BCUT2D eigenvalue weighted by Crippen LogP contribution is 2.28. The summed E-state index contributed by atoms with van der Waals surface area (Å²) in [5.74, 6) is 0.206. The number of aryl methyl sites for hydroxylation is 1. The number of hydrogen-bond donors (Lipinski definition) is 2. The molecular weight excluding hydrogens is 250 g/mol. The summed E-state index contributed by atoms with van der Waals surface area (Å²) in [7, 11) is 0. The standard InChI is InChI=1S/C17H19NO2/c1-11(2)15-9-4-6-12(3)16(15)18-17(20)13-7-5-8-14(19)10-13/h4-11,19H,1-3H3,(H,18,20). The summed E-state index contributed by atoms with van der Waals surface area (Å²) in [6.07, 6.45) is 0. The molecule has 2 aromatic carbocycles. The Kier molecular flexibility index (Phi) is 4.08. The summed E-state index contributed by atoms with van der Waals surface area (Å²) >= 11 is 0. The van der Waals surface area contributed by atoms with E-state index in [1.165, 1.54) is 6.07 Å². The van der Waals surface area contributed by atoms with Crippen LogP contribution in [0.3, 0.4) is 0 Å². The number of nitrogens with one attached hydrogen (secondary N) is 1. The molecule has 0 aliphatic carbocycles. The summed E-state index contributed by atoms with van der Waals surface area (Å²) in [5.41, 5.74) is 3.45. The van der Waals surface area contributed by atoms with Crippen molar-refractivity contribution >= 4 is 11.6 Å². The molecule has 0 radical (unpaired) electrons. The second kappa shape index (κ2) is 5.78. The molecule has 2 rings (SSSR count). The number of anilines is 1. The van der Waals surface area contributed by atoms with E-state index in [-0.39, 0.29) is 11.7 Å². The number of phenols is 1. The molecule has 0 heterocycles. The van der Waals surface area contributed by atoms with Gasteiger partial charge in [-0.2, -0.15) is 0 Å². The first-order valence-corrected chi connectivity index (χ1v) is 6.69. The van der Waals surface area contributed by atoms with E-state index in [9.17, 15) is 9.90 Å². The highest BCUT2D eigenvalue weighted by Gasteiger charge is 2.13. The number of rotatable bonds is 3. The van der Waals surface area contributed by atoms with Crippen LogP contribution in [0, 0.1) is 6.92 Å². The molecule has 2 aromatic rings. The second-order valence-electron chi connectivity index (χ2n) is 5.20. The van der Waals surface area contributed by atoms with E-state index in [1.807, 2.05) is 25.1 Å². The van der Waals surface area contributed by atoms with Gasteiger partial charge >= 0.3 is 0 Å². The van der Waals surface area contributed by atoms with E-state index in [0.29, 0.717) is 11.5 Å². The molecule has 0 aromatic heterocycles. The van der Waals surface area contributed by atoms with Crippen LogP contribution in [0.15, 0.2) is 42.5 Å². The van der Waals surface area contributed by atoms with Crippen LogP contribution < -0.4 is 5.32 Å². The Balaban J connectivity index is 2.33. The molecule has 1 amide bonds. The summed E-state index contributed by atoms with van der Waals surface area (Å²) in [5, 5.41) is 12.4. The van der Waals surface area contributed by atoms with Crippen LogP contribution in [0.4, 0.5) is 5.69 Å². The van der Waals surface area contributed by atoms with E-state index in [1.54, 1.807) is 18.2 Å². The molecule has 0 bridgehead atoms. The van der Waals surface area contributed by atoms with Gasteiger partial charge in [-0.25, -0.2) is 0 Å². The largest absolute Gasteiger partial charge is 0.508 e. The number of amides is 1. The van der Waals surface area contributed by atoms with Crippen molar-refractivity contribution in [2.45, 2.75) is 26.7 Å². The molecule has 0 unspecified atom stereocenters. The molecule has 3 nitrogen and oxygen atoms in total. The fourth-order valence-corrected chi connectivity index (χ4v) is 2.18. The van der Waals surface area contributed by atoms with Crippen molar-refractivity contribution < 1.29 is 9.90 Å². The Morgan fingerprint density at radius 3 is 2.50 bits per heavy atom. The third-order valence-electron chi connectivity index (χ3n) is 3.27. The highest BCUT2D eigenvalue weighted by molar-refractivity contribution is 6.05. The monoisotopic (exact) mass is 269 g/mol. The van der Waals surface area contributed by atoms with Gasteiger partial charge in [0, 0.05) is 11.3 Å². The zero-order valence-electron chi connectivity index (χ0n) is 12.0. The average molecular weight is 269 g/mol. The Morgan fingerprint density at radius 2 is 1.85 bits per heavy atom. The molecule has 20 heavy (non-hydrogen) atoms. The molecule has 2 N–H and O–H groups in total. The third-order valence-corrected chi connectivity index (χ3v) is 3.27. The fraction of sp³-hybridized carbons (Fsp3) is 0.235. The van der Waals surface area contributed by atoms with Gasteiger partial charge < -0.3 is 10.4 Å². The summed E-state index contributed by atoms with van der Waals surface area (Å²) < 4.78 is 0. The fourth-order valence-electron chi connectivity index (χ4n) is 2.18. The van der Waals surface area contributed by atoms with E-state index < -0.39 is 0 Å². The predicted octanol–water partition coefficient (Wildman–Crippen LogP) is 4.08. The van der Waals surface area contributed by atoms with E-state index in [4.69, 9.17) is 0 Å². The number of hydrogen-bond acceptors (Lipinski definition) is 2. The van der Waals surface area contributed by atoms with Crippen molar-refractivity contribution in [3.05, 3.63) is 59.2 Å². The summed E-state index contributed by atoms with van der Waals surface area (Å²) in [6, 6.07) is 12.3. The lowest BCUT2D eigenvalue weighted by molar-refractivity contribution is 0.102. The minimum Gasteiger partial charge on any atom is -0.508 e. The van der Waals surface area contributed by atoms with E-state index >= 15 is 0 Å². The van der Waals surface area contributed by atoms with Gasteiger partial charge in [-0.05, 0) is 42.2 Å². The molecule has 0 saturated carbocycles. The SMILES string of the molecule is Cc1cccc(C(C)C)c1NC(=O)c1cccc(O)c1. The Bertz CT molecular complexity index is 633. The topological polar surface area (TPSA) is 49.3 Å². The van der Waals surface area contributed by atoms with Crippen molar-refractivity contribution in [2.24, 2.45) is 0 Å². The van der Waals surface area contributed by atoms with Gasteiger partial charge in [0.1, 0.15) is 5.75 Å². The van der Waals surface area contributed by atoms with Gasteiger partial charge in [0.15, 0.2) is 0 Å². The van der Waals surface area contributed by atoms with E-state index in [2.05, 4.69) is 19.2 Å². The molecule has 0 saturated heterocycles. The van der Waals surface area contributed by atoms with Crippen LogP contribution >= 0.6 is 0 Å². The molecule has 104 valence electrons. The summed E-state index contributed by atoms with van der Waals surface area (Å²) in [4.78, 5) is 12.3. The number of para-hydroxylation sites is 1. The maximum absolute atomic E-state index is 12.3. The zero-order chi connectivity index (χ0) is 14.7. The first-order chi connectivity index (χ1) is 9.49. The smallest absolute Gasteiger partial charge is 0.255 e. The minimum atomic E-state index is -0.211. The van der Waals surface area contributed by atoms with E-state index in [0.717, 1.165) is 16.8 Å². The highest BCUT2D eigenvalue weighted by atomic mass is 16.3. The van der Waals surface area contributed by atoms with Gasteiger partial charge in [-0.3, -0.25) is 4.79 Å². The number of phenolic OH excluding ortho intramolecular Hbond substituents is 1. The van der Waals surface area contributed by atoms with Crippen molar-refractivity contribution in [2.75, 3.05) is 5.32 Å². The molecule has 3 heteroatoms. The van der Waals surface area contributed by atoms with Gasteiger partial charge in [0.2, 0.25) is 0 Å². The van der Waals surface area contributed by atoms with Crippen LogP contribution in [0.5, 0.6) is 5.75 Å². The van der Waals surface area contributed by atoms with Gasteiger partial charge in [-0.1, -0.05) is 38.1 Å². The predicted molar refractivity (Wildman–Crippen MR) is 81.3 cm³/mol. The van der Waals surface area contributed by atoms with Gasteiger partial charge in [0.05, 0.1) is 0 Å². The Labute approximate surface area is 119 Å². The van der Waals surface area contributed by atoms with Crippen LogP contribution in [0.1, 0.15) is 41.3 Å². The van der Waals surface area contributed by atoms with Crippen molar-refractivity contribution in [3.63, 3.8) is 0 Å². The lowest BCUT2D eigenvalue weighted by Gasteiger charge is -2.16. The lowest BCUT2D eigenvalue weighted by Crippen LogP contribution is -2.14. The number of carbonyl (C=O) groups is 1. The molecular formula is C17H19NO2. The Hall–Kier alpha value is -2.29. The van der Waals surface area contributed by atoms with Crippen molar-refractivity contribution in [3.8, 4) is 5.75 Å². The first kappa shape index (κ1) is 14.1. The van der Waals surface area contributed by atoms with Crippen molar-refractivity contribution in [1.82, 2.24) is 0 Å². The lowest BCUT2D eigenvalue weighted by atomic mass is 9.98. The number of benzene rings is 2. The normalized spacial score (nSPS) is 10.6. The van der Waals surface area contributed by atoms with Gasteiger partial charge in [-0.15, -0.1) is 0 Å². The zero-order valence-corrected chi connectivity index (χ0v) is 12.0. The second-order valence-corrected chi connectivity index (χ2v) is 5.20. The molecule has 0 spiro atoms. The van der Waals surface area contributed by atoms with Crippen LogP contribution in [0.25, 0.3) is 0 Å².